The maximum absolute atomic E-state index is 8.91. The predicted octanol–water partition coefficient (Wildman–Crippen LogP) is 0.917. The van der Waals surface area contributed by atoms with E-state index in [1.165, 1.54) is 4.68 Å². The topological polar surface area (TPSA) is 75.9 Å². The van der Waals surface area contributed by atoms with Crippen molar-refractivity contribution in [1.82, 2.24) is 20.2 Å². The number of aliphatic hydroxyl groups is 1. The van der Waals surface area contributed by atoms with Gasteiger partial charge in [0.1, 0.15) is 0 Å². The van der Waals surface area contributed by atoms with Gasteiger partial charge in [-0.1, -0.05) is 23.3 Å². The molecule has 1 aromatic heterocycles. The van der Waals surface area contributed by atoms with Gasteiger partial charge in [0, 0.05) is 0 Å². The van der Waals surface area contributed by atoms with Crippen LogP contribution in [0.5, 0.6) is 0 Å². The van der Waals surface area contributed by atoms with Gasteiger partial charge >= 0.3 is 0 Å². The van der Waals surface area contributed by atoms with Crippen LogP contribution >= 0.6 is 12.2 Å². The van der Waals surface area contributed by atoms with E-state index >= 15 is 0 Å². The molecule has 1 aromatic carbocycles. The minimum Gasteiger partial charge on any atom is -0.486 e. The van der Waals surface area contributed by atoms with Gasteiger partial charge in [-0.2, -0.15) is 4.68 Å². The number of thiocarbonyl (C=S) groups is 1. The molecule has 0 spiro atoms. The summed E-state index contributed by atoms with van der Waals surface area (Å²) in [5, 5.41) is 21.9. The zero-order valence-corrected chi connectivity index (χ0v) is 8.35. The van der Waals surface area contributed by atoms with Gasteiger partial charge in [0.05, 0.1) is 5.69 Å². The summed E-state index contributed by atoms with van der Waals surface area (Å²) in [4.78, 5) is 0. The summed E-state index contributed by atoms with van der Waals surface area (Å²) >= 11 is 4.49. The summed E-state index contributed by atoms with van der Waals surface area (Å²) in [7, 11) is 0. The fourth-order valence-corrected chi connectivity index (χ4v) is 1.20. The number of aromatic nitrogens is 4. The summed E-state index contributed by atoms with van der Waals surface area (Å²) in [6.45, 7) is 0. The number of nitrogens with zero attached hydrogens (tertiary/aromatic N) is 4. The molecule has 1 heterocycles. The van der Waals surface area contributed by atoms with E-state index in [9.17, 15) is 0 Å². The number of para-hydroxylation sites is 1. The van der Waals surface area contributed by atoms with Gasteiger partial charge in [-0.05, 0) is 34.8 Å². The molecule has 0 aliphatic carbocycles. The number of hydrogen-bond donors (Lipinski definition) is 2. The molecule has 0 atom stereocenters. The van der Waals surface area contributed by atoms with Gasteiger partial charge in [0.15, 0.2) is 0 Å². The first-order valence-corrected chi connectivity index (χ1v) is 4.52. The van der Waals surface area contributed by atoms with Crippen molar-refractivity contribution in [3.05, 3.63) is 30.3 Å². The van der Waals surface area contributed by atoms with E-state index in [-0.39, 0.29) is 11.1 Å². The van der Waals surface area contributed by atoms with E-state index in [0.29, 0.717) is 0 Å². The Bertz CT molecular complexity index is 469. The van der Waals surface area contributed by atoms with Gasteiger partial charge in [-0.15, -0.1) is 0 Å². The predicted molar refractivity (Wildman–Crippen MR) is 58.0 cm³/mol. The second kappa shape index (κ2) is 4.01. The molecule has 0 saturated carbocycles. The van der Waals surface area contributed by atoms with Crippen LogP contribution in [0.4, 0.5) is 5.95 Å². The van der Waals surface area contributed by atoms with Crippen LogP contribution in [-0.4, -0.2) is 30.5 Å². The summed E-state index contributed by atoms with van der Waals surface area (Å²) < 4.78 is 1.43. The average molecular weight is 221 g/mol. The van der Waals surface area contributed by atoms with E-state index in [1.807, 2.05) is 30.3 Å². The lowest BCUT2D eigenvalue weighted by Gasteiger charge is -2.03. The Morgan fingerprint density at radius 1 is 1.33 bits per heavy atom. The molecule has 0 unspecified atom stereocenters. The third-order valence-electron chi connectivity index (χ3n) is 1.69. The van der Waals surface area contributed by atoms with Crippen molar-refractivity contribution >= 4 is 23.3 Å². The fourth-order valence-electron chi connectivity index (χ4n) is 1.10. The number of rotatable bonds is 2. The smallest absolute Gasteiger partial charge is 0.261 e. The third-order valence-corrected chi connectivity index (χ3v) is 1.79. The lowest BCUT2D eigenvalue weighted by Crippen LogP contribution is -2.12. The number of tetrazole rings is 1. The molecule has 0 amide bonds. The van der Waals surface area contributed by atoms with E-state index in [1.54, 1.807) is 0 Å². The first kappa shape index (κ1) is 9.53. The van der Waals surface area contributed by atoms with Crippen molar-refractivity contribution in [3.8, 4) is 5.69 Å². The number of nitrogens with one attached hydrogen (secondary N) is 1. The quantitative estimate of drug-likeness (QED) is 0.734. The Morgan fingerprint density at radius 3 is 2.73 bits per heavy atom. The molecule has 2 aromatic rings. The molecule has 0 fully saturated rings. The normalized spacial score (nSPS) is 9.87. The van der Waals surface area contributed by atoms with Crippen molar-refractivity contribution in [1.29, 1.82) is 0 Å². The molecule has 2 N–H and O–H groups in total. The molecule has 0 aliphatic rings. The summed E-state index contributed by atoms with van der Waals surface area (Å²) in [5.41, 5.74) is 0.779. The van der Waals surface area contributed by atoms with Crippen LogP contribution in [-0.2, 0) is 0 Å². The van der Waals surface area contributed by atoms with Crippen LogP contribution in [0, 0.1) is 0 Å². The molecule has 7 heteroatoms. The van der Waals surface area contributed by atoms with E-state index < -0.39 is 0 Å². The molecule has 76 valence electrons. The second-order valence-corrected chi connectivity index (χ2v) is 3.07. The molecule has 0 saturated heterocycles. The Hall–Kier alpha value is -2.02. The third kappa shape index (κ3) is 2.08. The Morgan fingerprint density at radius 2 is 2.07 bits per heavy atom. The van der Waals surface area contributed by atoms with Crippen LogP contribution < -0.4 is 5.32 Å². The van der Waals surface area contributed by atoms with Crippen molar-refractivity contribution in [3.63, 3.8) is 0 Å². The highest BCUT2D eigenvalue weighted by Gasteiger charge is 2.07. The van der Waals surface area contributed by atoms with Crippen molar-refractivity contribution in [2.45, 2.75) is 0 Å². The highest BCUT2D eigenvalue weighted by Crippen LogP contribution is 2.09. The molecule has 0 bridgehead atoms. The van der Waals surface area contributed by atoms with Gasteiger partial charge < -0.3 is 5.11 Å². The average Bonchev–Trinajstić information content (AvgIpc) is 2.66. The Labute approximate surface area is 90.5 Å². The van der Waals surface area contributed by atoms with Gasteiger partial charge in [0.25, 0.3) is 11.1 Å². The van der Waals surface area contributed by atoms with Gasteiger partial charge in [-0.3, -0.25) is 5.32 Å². The van der Waals surface area contributed by atoms with Crippen molar-refractivity contribution in [2.24, 2.45) is 0 Å². The standard InChI is InChI=1S/C8H7N5OS/c14-8(15)9-7-10-11-12-13(7)6-4-2-1-3-5-6/h1-5H,(H2,9,10,12,14,15). The van der Waals surface area contributed by atoms with Crippen molar-refractivity contribution < 1.29 is 5.11 Å². The molecule has 15 heavy (non-hydrogen) atoms. The second-order valence-electron chi connectivity index (χ2n) is 2.68. The maximum atomic E-state index is 8.91. The highest BCUT2D eigenvalue weighted by molar-refractivity contribution is 7.80. The molecular weight excluding hydrogens is 214 g/mol. The highest BCUT2D eigenvalue weighted by atomic mass is 32.1. The maximum Gasteiger partial charge on any atom is 0.261 e. The van der Waals surface area contributed by atoms with E-state index in [2.05, 4.69) is 33.1 Å². The van der Waals surface area contributed by atoms with Crippen molar-refractivity contribution in [2.75, 3.05) is 5.32 Å². The lowest BCUT2D eigenvalue weighted by molar-refractivity contribution is 0.566. The zero-order chi connectivity index (χ0) is 10.7. The minimum absolute atomic E-state index is 0.272. The first-order chi connectivity index (χ1) is 7.27. The van der Waals surface area contributed by atoms with Crippen LogP contribution in [0.2, 0.25) is 0 Å². The SMILES string of the molecule is OC(=S)Nc1nnnn1-c1ccccc1. The molecule has 2 rings (SSSR count). The molecule has 0 aliphatic heterocycles. The van der Waals surface area contributed by atoms with E-state index in [0.717, 1.165) is 5.69 Å². The lowest BCUT2D eigenvalue weighted by atomic mass is 10.3. The van der Waals surface area contributed by atoms with Crippen LogP contribution in [0.3, 0.4) is 0 Å². The molecule has 0 radical (unpaired) electrons. The minimum atomic E-state index is -0.373. The first-order valence-electron chi connectivity index (χ1n) is 4.11. The van der Waals surface area contributed by atoms with Crippen LogP contribution in [0.1, 0.15) is 0 Å². The van der Waals surface area contributed by atoms with E-state index in [4.69, 9.17) is 5.11 Å². The summed E-state index contributed by atoms with van der Waals surface area (Å²) in [6.07, 6.45) is 0. The molecular formula is C8H7N5OS. The largest absolute Gasteiger partial charge is 0.486 e. The van der Waals surface area contributed by atoms with Crippen LogP contribution in [0.25, 0.3) is 5.69 Å². The number of anilines is 1. The fraction of sp³-hybridized carbons (Fsp3) is 0. The number of hydrogen-bond acceptors (Lipinski definition) is 4. The Kier molecular flexibility index (Phi) is 2.55. The van der Waals surface area contributed by atoms with Gasteiger partial charge in [0.2, 0.25) is 0 Å². The summed E-state index contributed by atoms with van der Waals surface area (Å²) in [5.74, 6) is 0.272. The zero-order valence-electron chi connectivity index (χ0n) is 7.53. The Balaban J connectivity index is 2.37. The number of aliphatic hydroxyl groups excluding tert-OH is 1. The summed E-state index contributed by atoms with van der Waals surface area (Å²) in [6, 6.07) is 9.28. The van der Waals surface area contributed by atoms with Crippen LogP contribution in [0.15, 0.2) is 30.3 Å². The molecule has 6 nitrogen and oxygen atoms in total. The number of benzene rings is 1. The van der Waals surface area contributed by atoms with Gasteiger partial charge in [-0.25, -0.2) is 0 Å². The monoisotopic (exact) mass is 221 g/mol.